The molecule has 0 aliphatic rings. The molecule has 1 N–H and O–H groups in total. The van der Waals surface area contributed by atoms with Gasteiger partial charge in [0.05, 0.1) is 0 Å². The summed E-state index contributed by atoms with van der Waals surface area (Å²) in [6.07, 6.45) is 4.23. The van der Waals surface area contributed by atoms with Gasteiger partial charge < -0.3 is 5.11 Å². The summed E-state index contributed by atoms with van der Waals surface area (Å²) >= 11 is 0. The molecule has 4 heteroatoms. The average molecular weight is 313 g/mol. The minimum atomic E-state index is -0.690. The van der Waals surface area contributed by atoms with Crippen molar-refractivity contribution < 1.29 is 9.90 Å². The van der Waals surface area contributed by atoms with Gasteiger partial charge >= 0.3 is 74.4 Å². The summed E-state index contributed by atoms with van der Waals surface area (Å²) < 4.78 is 0. The zero-order valence-corrected chi connectivity index (χ0v) is 10.9. The second-order valence-electron chi connectivity index (χ2n) is 3.44. The van der Waals surface area contributed by atoms with E-state index in [1.54, 1.807) is 0 Å². The van der Waals surface area contributed by atoms with Gasteiger partial charge in [-0.05, 0) is 24.8 Å². The molecule has 0 saturated carbocycles. The summed E-state index contributed by atoms with van der Waals surface area (Å²) in [6.45, 7) is 0. The van der Waals surface area contributed by atoms with Crippen LogP contribution in [0.2, 0.25) is 0 Å². The Morgan fingerprint density at radius 1 is 1.06 bits per heavy atom. The third-order valence-electron chi connectivity index (χ3n) is 2.20. The number of carboxylic acid groups (broad SMARTS) is 1. The molecule has 0 bridgehead atoms. The number of rotatable bonds is 6. The Hall–Kier alpha value is 0.846. The van der Waals surface area contributed by atoms with E-state index in [4.69, 9.17) is 5.11 Å². The van der Waals surface area contributed by atoms with Crippen molar-refractivity contribution in [3.05, 3.63) is 35.9 Å². The maximum atomic E-state index is 10.2. The molecule has 0 unspecified atom stereocenters. The molecular formula is C12H19KO2Se. The van der Waals surface area contributed by atoms with E-state index >= 15 is 0 Å². The van der Waals surface area contributed by atoms with E-state index in [0.717, 1.165) is 25.7 Å². The van der Waals surface area contributed by atoms with Gasteiger partial charge in [-0.2, -0.15) is 0 Å². The molecule has 0 fully saturated rings. The quantitative estimate of drug-likeness (QED) is 0.635. The van der Waals surface area contributed by atoms with E-state index in [-0.39, 0.29) is 68.5 Å². The summed E-state index contributed by atoms with van der Waals surface area (Å²) in [5.41, 5.74) is 1.34. The third-order valence-corrected chi connectivity index (χ3v) is 2.20. The van der Waals surface area contributed by atoms with Gasteiger partial charge in [-0.15, -0.1) is 0 Å². The van der Waals surface area contributed by atoms with Crippen LogP contribution < -0.4 is 0 Å². The molecule has 1 aromatic carbocycles. The molecule has 0 radical (unpaired) electrons. The number of hydrogen-bond acceptors (Lipinski definition) is 1. The molecule has 0 saturated heterocycles. The van der Waals surface area contributed by atoms with Gasteiger partial charge in [0.2, 0.25) is 0 Å². The zero-order valence-electron chi connectivity index (χ0n) is 8.78. The van der Waals surface area contributed by atoms with E-state index in [2.05, 4.69) is 12.1 Å². The molecular weight excluding hydrogens is 294 g/mol. The fourth-order valence-corrected chi connectivity index (χ4v) is 1.43. The van der Waals surface area contributed by atoms with Crippen molar-refractivity contribution in [3.8, 4) is 0 Å². The molecule has 0 aromatic heterocycles. The van der Waals surface area contributed by atoms with Crippen LogP contribution in [-0.2, 0) is 11.2 Å². The Morgan fingerprint density at radius 3 is 2.25 bits per heavy atom. The first kappa shape index (κ1) is 19.2. The predicted octanol–water partition coefficient (Wildman–Crippen LogP) is 1.31. The van der Waals surface area contributed by atoms with Gasteiger partial charge in [-0.25, -0.2) is 0 Å². The summed E-state index contributed by atoms with van der Waals surface area (Å²) in [6, 6.07) is 10.3. The van der Waals surface area contributed by atoms with Crippen molar-refractivity contribution in [2.75, 3.05) is 0 Å². The van der Waals surface area contributed by atoms with E-state index in [1.807, 2.05) is 18.2 Å². The number of unbranched alkanes of at least 4 members (excludes halogenated alkanes) is 2. The first-order valence-corrected chi connectivity index (χ1v) is 5.05. The van der Waals surface area contributed by atoms with Crippen molar-refractivity contribution >= 4 is 74.4 Å². The number of carbonyl (C=O) groups is 1. The number of aliphatic carboxylic acids is 1. The SMILES string of the molecule is O=C(O)CCCCCc1ccccc1.[KH].[SeH2]. The van der Waals surface area contributed by atoms with E-state index < -0.39 is 5.97 Å². The van der Waals surface area contributed by atoms with Gasteiger partial charge in [0.25, 0.3) is 0 Å². The number of aryl methyl sites for hydroxylation is 1. The monoisotopic (exact) mass is 314 g/mol. The topological polar surface area (TPSA) is 37.3 Å². The second kappa shape index (κ2) is 12.3. The Bertz CT molecular complexity index is 278. The average Bonchev–Trinajstić information content (AvgIpc) is 2.18. The Labute approximate surface area is 150 Å². The molecule has 16 heavy (non-hydrogen) atoms. The van der Waals surface area contributed by atoms with Crippen LogP contribution in [0.5, 0.6) is 0 Å². The maximum absolute atomic E-state index is 10.2. The molecule has 0 aliphatic heterocycles. The molecule has 2 nitrogen and oxygen atoms in total. The van der Waals surface area contributed by atoms with Gasteiger partial charge in [0.1, 0.15) is 0 Å². The zero-order chi connectivity index (χ0) is 10.2. The minimum absolute atomic E-state index is 0. The Balaban J connectivity index is 0. The third kappa shape index (κ3) is 10.0. The van der Waals surface area contributed by atoms with Gasteiger partial charge in [0, 0.05) is 6.42 Å². The molecule has 0 amide bonds. The summed E-state index contributed by atoms with van der Waals surface area (Å²) in [5.74, 6) is -0.690. The molecule has 0 atom stereocenters. The van der Waals surface area contributed by atoms with Crippen LogP contribution in [0.3, 0.4) is 0 Å². The summed E-state index contributed by atoms with van der Waals surface area (Å²) in [7, 11) is 0. The van der Waals surface area contributed by atoms with Crippen LogP contribution in [0.25, 0.3) is 0 Å². The van der Waals surface area contributed by atoms with E-state index in [1.165, 1.54) is 5.56 Å². The second-order valence-corrected chi connectivity index (χ2v) is 3.44. The molecule has 0 aliphatic carbocycles. The van der Waals surface area contributed by atoms with Crippen LogP contribution in [0, 0.1) is 0 Å². The number of benzene rings is 1. The Kier molecular flexibility index (Phi) is 14.8. The van der Waals surface area contributed by atoms with Crippen molar-refractivity contribution in [2.45, 2.75) is 32.1 Å². The first-order chi connectivity index (χ1) is 6.79. The van der Waals surface area contributed by atoms with Gasteiger partial charge in [0.15, 0.2) is 0 Å². The fourth-order valence-electron chi connectivity index (χ4n) is 1.43. The van der Waals surface area contributed by atoms with Crippen LogP contribution in [-0.4, -0.2) is 79.5 Å². The van der Waals surface area contributed by atoms with Crippen molar-refractivity contribution in [1.29, 1.82) is 0 Å². The van der Waals surface area contributed by atoms with Crippen LogP contribution in [0.1, 0.15) is 31.2 Å². The van der Waals surface area contributed by atoms with Crippen LogP contribution in [0.4, 0.5) is 0 Å². The van der Waals surface area contributed by atoms with Crippen LogP contribution >= 0.6 is 0 Å². The van der Waals surface area contributed by atoms with Gasteiger partial charge in [-0.3, -0.25) is 4.79 Å². The van der Waals surface area contributed by atoms with Crippen molar-refractivity contribution in [1.82, 2.24) is 0 Å². The number of hydrogen-bond donors (Lipinski definition) is 1. The van der Waals surface area contributed by atoms with Crippen molar-refractivity contribution in [3.63, 3.8) is 0 Å². The van der Waals surface area contributed by atoms with E-state index in [9.17, 15) is 4.79 Å². The normalized spacial score (nSPS) is 8.75. The first-order valence-electron chi connectivity index (χ1n) is 5.05. The van der Waals surface area contributed by atoms with Crippen molar-refractivity contribution in [2.24, 2.45) is 0 Å². The molecule has 1 aromatic rings. The molecule has 86 valence electrons. The predicted molar refractivity (Wildman–Crippen MR) is 71.9 cm³/mol. The molecule has 0 spiro atoms. The van der Waals surface area contributed by atoms with Gasteiger partial charge in [-0.1, -0.05) is 36.8 Å². The van der Waals surface area contributed by atoms with E-state index in [0.29, 0.717) is 6.42 Å². The number of carboxylic acids is 1. The Morgan fingerprint density at radius 2 is 1.69 bits per heavy atom. The summed E-state index contributed by atoms with van der Waals surface area (Å²) in [5, 5.41) is 8.43. The molecule has 1 rings (SSSR count). The summed E-state index contributed by atoms with van der Waals surface area (Å²) in [4.78, 5) is 10.2. The standard InChI is InChI=1S/C12H16O2.K.H2Se.H/c13-12(14)10-6-2-5-9-11-7-3-1-4-8-11;;;/h1,3-4,7-8H,2,5-6,9-10H2,(H,13,14);;1H2;. The molecule has 0 heterocycles. The fraction of sp³-hybridized carbons (Fsp3) is 0.417. The van der Waals surface area contributed by atoms with Crippen LogP contribution in [0.15, 0.2) is 30.3 Å².